The lowest BCUT2D eigenvalue weighted by Gasteiger charge is -2.24. The average molecular weight is 280 g/mol. The predicted octanol–water partition coefficient (Wildman–Crippen LogP) is 1.14. The standard InChI is InChI=1S/C15H21FN2O2/c1-11-6-7-18(14(11)10-19)9-15(20)17-8-12-2-4-13(16)5-3-12/h2-5,11,14,19H,6-10H2,1H3,(H,17,20). The van der Waals surface area contributed by atoms with Crippen LogP contribution in [0.5, 0.6) is 0 Å². The Bertz CT molecular complexity index is 450. The number of likely N-dealkylation sites (tertiary alicyclic amines) is 1. The molecule has 1 aliphatic heterocycles. The van der Waals surface area contributed by atoms with Gasteiger partial charge in [-0.3, -0.25) is 9.69 Å². The minimum Gasteiger partial charge on any atom is -0.395 e. The summed E-state index contributed by atoms with van der Waals surface area (Å²) in [7, 11) is 0. The second kappa shape index (κ2) is 6.81. The number of aliphatic hydroxyl groups excluding tert-OH is 1. The highest BCUT2D eigenvalue weighted by Crippen LogP contribution is 2.22. The zero-order valence-corrected chi connectivity index (χ0v) is 11.7. The summed E-state index contributed by atoms with van der Waals surface area (Å²) in [6.07, 6.45) is 1.01. The van der Waals surface area contributed by atoms with Crippen LogP contribution in [0.25, 0.3) is 0 Å². The van der Waals surface area contributed by atoms with Crippen LogP contribution >= 0.6 is 0 Å². The van der Waals surface area contributed by atoms with Gasteiger partial charge in [0.05, 0.1) is 13.2 Å². The third-order valence-electron chi connectivity index (χ3n) is 3.93. The van der Waals surface area contributed by atoms with Gasteiger partial charge in [-0.25, -0.2) is 4.39 Å². The summed E-state index contributed by atoms with van der Waals surface area (Å²) in [5.74, 6) is 0.0729. The minimum atomic E-state index is -0.281. The van der Waals surface area contributed by atoms with Gasteiger partial charge in [0, 0.05) is 12.6 Å². The summed E-state index contributed by atoms with van der Waals surface area (Å²) in [6, 6.07) is 6.15. The van der Waals surface area contributed by atoms with E-state index in [4.69, 9.17) is 0 Å². The molecule has 2 unspecified atom stereocenters. The van der Waals surface area contributed by atoms with Crippen molar-refractivity contribution in [3.8, 4) is 0 Å². The number of nitrogens with one attached hydrogen (secondary N) is 1. The number of nitrogens with zero attached hydrogens (tertiary/aromatic N) is 1. The van der Waals surface area contributed by atoms with Crippen molar-refractivity contribution in [2.45, 2.75) is 25.9 Å². The Hall–Kier alpha value is -1.46. The molecule has 2 atom stereocenters. The molecule has 110 valence electrons. The van der Waals surface area contributed by atoms with Crippen LogP contribution in [-0.4, -0.2) is 41.7 Å². The van der Waals surface area contributed by atoms with Crippen LogP contribution in [0.2, 0.25) is 0 Å². The molecule has 1 fully saturated rings. The van der Waals surface area contributed by atoms with Crippen molar-refractivity contribution < 1.29 is 14.3 Å². The van der Waals surface area contributed by atoms with E-state index in [0.717, 1.165) is 18.5 Å². The monoisotopic (exact) mass is 280 g/mol. The zero-order chi connectivity index (χ0) is 14.5. The first-order valence-electron chi connectivity index (χ1n) is 6.96. The number of benzene rings is 1. The molecule has 1 saturated heterocycles. The molecule has 2 rings (SSSR count). The molecule has 5 heteroatoms. The van der Waals surface area contributed by atoms with E-state index in [9.17, 15) is 14.3 Å². The van der Waals surface area contributed by atoms with Crippen molar-refractivity contribution in [3.63, 3.8) is 0 Å². The minimum absolute atomic E-state index is 0.0677. The van der Waals surface area contributed by atoms with E-state index < -0.39 is 0 Å². The fraction of sp³-hybridized carbons (Fsp3) is 0.533. The number of carbonyl (C=O) groups is 1. The number of hydrogen-bond acceptors (Lipinski definition) is 3. The van der Waals surface area contributed by atoms with Gasteiger partial charge >= 0.3 is 0 Å². The van der Waals surface area contributed by atoms with Gasteiger partial charge in [0.1, 0.15) is 5.82 Å². The molecule has 1 amide bonds. The Morgan fingerprint density at radius 3 is 2.80 bits per heavy atom. The van der Waals surface area contributed by atoms with Gasteiger partial charge in [-0.1, -0.05) is 19.1 Å². The molecule has 2 N–H and O–H groups in total. The molecule has 4 nitrogen and oxygen atoms in total. The highest BCUT2D eigenvalue weighted by Gasteiger charge is 2.31. The third-order valence-corrected chi connectivity index (χ3v) is 3.93. The van der Waals surface area contributed by atoms with Gasteiger partial charge < -0.3 is 10.4 Å². The lowest BCUT2D eigenvalue weighted by atomic mass is 10.0. The summed E-state index contributed by atoms with van der Waals surface area (Å²) in [5.41, 5.74) is 0.869. The summed E-state index contributed by atoms with van der Waals surface area (Å²) >= 11 is 0. The second-order valence-electron chi connectivity index (χ2n) is 5.39. The lowest BCUT2D eigenvalue weighted by molar-refractivity contribution is -0.122. The maximum Gasteiger partial charge on any atom is 0.234 e. The summed E-state index contributed by atoms with van der Waals surface area (Å²) < 4.78 is 12.8. The van der Waals surface area contributed by atoms with Crippen molar-refractivity contribution >= 4 is 5.91 Å². The number of amides is 1. The Balaban J connectivity index is 1.79. The smallest absolute Gasteiger partial charge is 0.234 e. The maximum absolute atomic E-state index is 12.8. The van der Waals surface area contributed by atoms with Crippen molar-refractivity contribution in [3.05, 3.63) is 35.6 Å². The van der Waals surface area contributed by atoms with Crippen LogP contribution < -0.4 is 5.32 Å². The van der Waals surface area contributed by atoms with E-state index in [-0.39, 0.29) is 24.4 Å². The third kappa shape index (κ3) is 3.77. The first-order chi connectivity index (χ1) is 9.60. The molecule has 0 aromatic heterocycles. The van der Waals surface area contributed by atoms with E-state index in [1.807, 2.05) is 4.90 Å². The molecule has 1 aromatic rings. The van der Waals surface area contributed by atoms with Gasteiger partial charge in [-0.05, 0) is 36.6 Å². The molecule has 0 saturated carbocycles. The molecule has 1 heterocycles. The first-order valence-corrected chi connectivity index (χ1v) is 6.96. The fourth-order valence-electron chi connectivity index (χ4n) is 2.62. The van der Waals surface area contributed by atoms with E-state index in [0.29, 0.717) is 19.0 Å². The Morgan fingerprint density at radius 2 is 2.15 bits per heavy atom. The molecule has 0 bridgehead atoms. The van der Waals surface area contributed by atoms with E-state index in [1.165, 1.54) is 12.1 Å². The van der Waals surface area contributed by atoms with Crippen molar-refractivity contribution in [2.24, 2.45) is 5.92 Å². The Labute approximate surface area is 118 Å². The zero-order valence-electron chi connectivity index (χ0n) is 11.7. The van der Waals surface area contributed by atoms with Gasteiger partial charge in [-0.2, -0.15) is 0 Å². The second-order valence-corrected chi connectivity index (χ2v) is 5.39. The summed E-state index contributed by atoms with van der Waals surface area (Å²) in [6.45, 7) is 3.73. The fourth-order valence-corrected chi connectivity index (χ4v) is 2.62. The normalized spacial score (nSPS) is 22.9. The molecule has 1 aliphatic rings. The quantitative estimate of drug-likeness (QED) is 0.850. The number of hydrogen-bond donors (Lipinski definition) is 2. The largest absolute Gasteiger partial charge is 0.395 e. The number of aliphatic hydroxyl groups is 1. The molecule has 0 spiro atoms. The van der Waals surface area contributed by atoms with Gasteiger partial charge in [0.2, 0.25) is 5.91 Å². The van der Waals surface area contributed by atoms with Crippen LogP contribution in [0.3, 0.4) is 0 Å². The van der Waals surface area contributed by atoms with Crippen LogP contribution in [0.4, 0.5) is 4.39 Å². The van der Waals surface area contributed by atoms with Crippen molar-refractivity contribution in [2.75, 3.05) is 19.7 Å². The van der Waals surface area contributed by atoms with Gasteiger partial charge in [-0.15, -0.1) is 0 Å². The Morgan fingerprint density at radius 1 is 1.45 bits per heavy atom. The van der Waals surface area contributed by atoms with Gasteiger partial charge in [0.15, 0.2) is 0 Å². The molecule has 1 aromatic carbocycles. The number of rotatable bonds is 5. The summed E-state index contributed by atoms with van der Waals surface area (Å²) in [4.78, 5) is 13.9. The highest BCUT2D eigenvalue weighted by atomic mass is 19.1. The van der Waals surface area contributed by atoms with Crippen molar-refractivity contribution in [1.82, 2.24) is 10.2 Å². The molecular weight excluding hydrogens is 259 g/mol. The van der Waals surface area contributed by atoms with Gasteiger partial charge in [0.25, 0.3) is 0 Å². The molecule has 0 aliphatic carbocycles. The Kier molecular flexibility index (Phi) is 5.09. The predicted molar refractivity (Wildman–Crippen MR) is 74.5 cm³/mol. The van der Waals surface area contributed by atoms with E-state index >= 15 is 0 Å². The highest BCUT2D eigenvalue weighted by molar-refractivity contribution is 5.78. The lowest BCUT2D eigenvalue weighted by Crippen LogP contribution is -2.42. The van der Waals surface area contributed by atoms with Crippen LogP contribution in [0.15, 0.2) is 24.3 Å². The SMILES string of the molecule is CC1CCN(CC(=O)NCc2ccc(F)cc2)C1CO. The number of halogens is 1. The maximum atomic E-state index is 12.8. The van der Waals surface area contributed by atoms with Crippen LogP contribution in [0, 0.1) is 11.7 Å². The summed E-state index contributed by atoms with van der Waals surface area (Å²) in [5, 5.41) is 12.2. The van der Waals surface area contributed by atoms with E-state index in [1.54, 1.807) is 12.1 Å². The topological polar surface area (TPSA) is 52.6 Å². The van der Waals surface area contributed by atoms with Crippen molar-refractivity contribution in [1.29, 1.82) is 0 Å². The first kappa shape index (κ1) is 14.9. The van der Waals surface area contributed by atoms with Crippen LogP contribution in [0.1, 0.15) is 18.9 Å². The molecule has 0 radical (unpaired) electrons. The van der Waals surface area contributed by atoms with Crippen LogP contribution in [-0.2, 0) is 11.3 Å². The molecule has 20 heavy (non-hydrogen) atoms. The molecular formula is C15H21FN2O2. The van der Waals surface area contributed by atoms with E-state index in [2.05, 4.69) is 12.2 Å². The number of carbonyl (C=O) groups excluding carboxylic acids is 1. The average Bonchev–Trinajstić information content (AvgIpc) is 2.78.